The molecule has 1 amide bonds. The van der Waals surface area contributed by atoms with Crippen LogP contribution in [0.5, 0.6) is 0 Å². The molecule has 0 bridgehead atoms. The van der Waals surface area contributed by atoms with Crippen molar-refractivity contribution in [2.45, 2.75) is 198 Å². The fraction of sp³-hybridized carbons (Fsp3) is 0.825. The van der Waals surface area contributed by atoms with Crippen LogP contribution in [0.3, 0.4) is 0 Å². The molecule has 7 unspecified atom stereocenters. The number of aliphatic hydroxyl groups is 5. The molecule has 1 fully saturated rings. The van der Waals surface area contributed by atoms with Crippen LogP contribution in [0.25, 0.3) is 0 Å². The first-order valence-electron chi connectivity index (χ1n) is 19.7. The molecule has 0 spiro atoms. The first-order chi connectivity index (χ1) is 23.8. The molecular formula is C40H73NO8. The van der Waals surface area contributed by atoms with E-state index in [2.05, 4.69) is 37.4 Å². The third kappa shape index (κ3) is 22.8. The number of carbonyl (C=O) groups excluding carboxylic acids is 1. The number of hydrogen-bond acceptors (Lipinski definition) is 8. The molecule has 6 N–H and O–H groups in total. The maximum atomic E-state index is 12.8. The predicted molar refractivity (Wildman–Crippen MR) is 198 cm³/mol. The third-order valence-corrected chi connectivity index (χ3v) is 9.22. The smallest absolute Gasteiger partial charge is 0.220 e. The minimum absolute atomic E-state index is 0.211. The summed E-state index contributed by atoms with van der Waals surface area (Å²) in [6.07, 6.45) is 29.1. The van der Waals surface area contributed by atoms with Gasteiger partial charge in [-0.3, -0.25) is 4.79 Å². The Morgan fingerprint density at radius 2 is 1.20 bits per heavy atom. The Kier molecular flexibility index (Phi) is 28.9. The summed E-state index contributed by atoms with van der Waals surface area (Å²) >= 11 is 0. The number of allylic oxidation sites excluding steroid dienone is 5. The summed E-state index contributed by atoms with van der Waals surface area (Å²) in [6, 6.07) is -0.831. The van der Waals surface area contributed by atoms with Gasteiger partial charge in [0.1, 0.15) is 24.4 Å². The maximum Gasteiger partial charge on any atom is 0.220 e. The molecule has 1 aliphatic heterocycles. The van der Waals surface area contributed by atoms with Crippen LogP contribution in [-0.2, 0) is 14.3 Å². The van der Waals surface area contributed by atoms with E-state index < -0.39 is 49.5 Å². The molecule has 0 aliphatic carbocycles. The molecule has 0 aromatic heterocycles. The topological polar surface area (TPSA) is 149 Å². The van der Waals surface area contributed by atoms with E-state index in [9.17, 15) is 30.3 Å². The van der Waals surface area contributed by atoms with Gasteiger partial charge in [-0.2, -0.15) is 0 Å². The molecule has 7 atom stereocenters. The molecule has 0 radical (unpaired) electrons. The van der Waals surface area contributed by atoms with E-state index >= 15 is 0 Å². The highest BCUT2D eigenvalue weighted by molar-refractivity contribution is 5.76. The van der Waals surface area contributed by atoms with Crippen LogP contribution in [0.2, 0.25) is 0 Å². The number of unbranched alkanes of at least 4 members (excludes halogenated alkanes) is 17. The second-order valence-corrected chi connectivity index (χ2v) is 13.7. The lowest BCUT2D eigenvalue weighted by Gasteiger charge is -2.40. The van der Waals surface area contributed by atoms with E-state index in [0.717, 1.165) is 32.1 Å². The highest BCUT2D eigenvalue weighted by atomic mass is 16.7. The van der Waals surface area contributed by atoms with E-state index in [1.54, 1.807) is 6.08 Å². The Labute approximate surface area is 298 Å². The molecule has 9 heteroatoms. The van der Waals surface area contributed by atoms with Crippen LogP contribution in [0.15, 0.2) is 36.5 Å². The van der Waals surface area contributed by atoms with Crippen molar-refractivity contribution >= 4 is 5.91 Å². The first-order valence-corrected chi connectivity index (χ1v) is 19.7. The summed E-state index contributed by atoms with van der Waals surface area (Å²) in [5, 5.41) is 53.8. The number of ether oxygens (including phenoxy) is 2. The lowest BCUT2D eigenvalue weighted by molar-refractivity contribution is -0.302. The average molecular weight is 696 g/mol. The van der Waals surface area contributed by atoms with Gasteiger partial charge >= 0.3 is 0 Å². The highest BCUT2D eigenvalue weighted by Gasteiger charge is 2.44. The summed E-state index contributed by atoms with van der Waals surface area (Å²) in [6.45, 7) is 3.69. The van der Waals surface area contributed by atoms with Gasteiger partial charge < -0.3 is 40.3 Å². The number of hydrogen-bond donors (Lipinski definition) is 6. The molecule has 0 saturated carbocycles. The fourth-order valence-electron chi connectivity index (χ4n) is 5.97. The molecule has 1 heterocycles. The van der Waals surface area contributed by atoms with Gasteiger partial charge in [-0.1, -0.05) is 147 Å². The van der Waals surface area contributed by atoms with Crippen LogP contribution in [0.1, 0.15) is 155 Å². The fourth-order valence-corrected chi connectivity index (χ4v) is 5.97. The van der Waals surface area contributed by atoms with Gasteiger partial charge in [0.15, 0.2) is 6.29 Å². The Hall–Kier alpha value is -1.59. The largest absolute Gasteiger partial charge is 0.394 e. The van der Waals surface area contributed by atoms with Gasteiger partial charge in [-0.05, 0) is 38.5 Å². The van der Waals surface area contributed by atoms with Crippen LogP contribution in [0, 0.1) is 0 Å². The molecule has 0 aromatic rings. The van der Waals surface area contributed by atoms with Crippen molar-refractivity contribution in [1.29, 1.82) is 0 Å². The van der Waals surface area contributed by atoms with Crippen LogP contribution in [0.4, 0.5) is 0 Å². The Morgan fingerprint density at radius 3 is 1.76 bits per heavy atom. The summed E-state index contributed by atoms with van der Waals surface area (Å²) in [4.78, 5) is 12.8. The van der Waals surface area contributed by atoms with E-state index in [0.29, 0.717) is 6.42 Å². The quantitative estimate of drug-likeness (QED) is 0.0338. The summed E-state index contributed by atoms with van der Waals surface area (Å²) in [7, 11) is 0. The summed E-state index contributed by atoms with van der Waals surface area (Å²) < 4.78 is 11.1. The minimum atomic E-state index is -1.57. The highest BCUT2D eigenvalue weighted by Crippen LogP contribution is 2.22. The number of nitrogens with one attached hydrogen (secondary N) is 1. The zero-order valence-electron chi connectivity index (χ0n) is 30.9. The number of amides is 1. The van der Waals surface area contributed by atoms with Crippen LogP contribution < -0.4 is 5.32 Å². The Balaban J connectivity index is 2.50. The van der Waals surface area contributed by atoms with Crippen LogP contribution in [-0.4, -0.2) is 87.5 Å². The lowest BCUT2D eigenvalue weighted by atomic mass is 9.99. The molecule has 1 aliphatic rings. The van der Waals surface area contributed by atoms with Gasteiger partial charge in [0.05, 0.1) is 25.4 Å². The molecule has 1 saturated heterocycles. The number of rotatable bonds is 31. The molecule has 9 nitrogen and oxygen atoms in total. The monoisotopic (exact) mass is 696 g/mol. The van der Waals surface area contributed by atoms with Crippen LogP contribution >= 0.6 is 0 Å². The maximum absolute atomic E-state index is 12.8. The molecule has 49 heavy (non-hydrogen) atoms. The molecular weight excluding hydrogens is 622 g/mol. The average Bonchev–Trinajstić information content (AvgIpc) is 3.10. The zero-order valence-corrected chi connectivity index (χ0v) is 30.9. The molecule has 1 rings (SSSR count). The number of carbonyl (C=O) groups is 1. The van der Waals surface area contributed by atoms with E-state index in [4.69, 9.17) is 9.47 Å². The second-order valence-electron chi connectivity index (χ2n) is 13.7. The van der Waals surface area contributed by atoms with Crippen molar-refractivity contribution in [2.24, 2.45) is 0 Å². The van der Waals surface area contributed by atoms with Crippen molar-refractivity contribution in [3.05, 3.63) is 36.5 Å². The summed E-state index contributed by atoms with van der Waals surface area (Å²) in [5.74, 6) is -0.247. The van der Waals surface area contributed by atoms with E-state index in [-0.39, 0.29) is 18.9 Å². The van der Waals surface area contributed by atoms with E-state index in [1.807, 2.05) is 12.2 Å². The summed E-state index contributed by atoms with van der Waals surface area (Å²) in [5.41, 5.74) is 0. The van der Waals surface area contributed by atoms with Crippen molar-refractivity contribution in [1.82, 2.24) is 5.32 Å². The Bertz CT molecular complexity index is 863. The van der Waals surface area contributed by atoms with Crippen molar-refractivity contribution in [2.75, 3.05) is 13.2 Å². The minimum Gasteiger partial charge on any atom is -0.394 e. The molecule has 286 valence electrons. The zero-order chi connectivity index (χ0) is 36.0. The number of aliphatic hydroxyl groups excluding tert-OH is 5. The van der Waals surface area contributed by atoms with Gasteiger partial charge in [-0.25, -0.2) is 0 Å². The Morgan fingerprint density at radius 1 is 0.694 bits per heavy atom. The normalized spacial score (nSPS) is 22.8. The predicted octanol–water partition coefficient (Wildman–Crippen LogP) is 6.94. The second kappa shape index (κ2) is 31.2. The third-order valence-electron chi connectivity index (χ3n) is 9.22. The van der Waals surface area contributed by atoms with Gasteiger partial charge in [-0.15, -0.1) is 0 Å². The lowest BCUT2D eigenvalue weighted by Crippen LogP contribution is -2.60. The first kappa shape index (κ1) is 45.4. The van der Waals surface area contributed by atoms with Crippen molar-refractivity contribution in [3.8, 4) is 0 Å². The van der Waals surface area contributed by atoms with Gasteiger partial charge in [0.2, 0.25) is 5.91 Å². The van der Waals surface area contributed by atoms with Gasteiger partial charge in [0.25, 0.3) is 0 Å². The van der Waals surface area contributed by atoms with Crippen molar-refractivity contribution in [3.63, 3.8) is 0 Å². The van der Waals surface area contributed by atoms with Crippen molar-refractivity contribution < 1.29 is 39.8 Å². The SMILES string of the molecule is CCCCCCCC/C=C\C/C=C\CCC(=O)NC(COC1OC(CO)C(O)C(O)C1O)C(O)/C=C/CCCCCCCCCCCCC. The molecule has 0 aromatic carbocycles. The standard InChI is InChI=1S/C40H73NO8/c1-3-5-7-9-11-13-15-17-19-21-23-25-27-29-34(43)33(32-48-40-39(47)38(46)37(45)35(31-42)49-40)41-36(44)30-28-26-24-22-20-18-16-14-12-10-8-6-4-2/h18,20,24,26-27,29,33-35,37-40,42-43,45-47H,3-17,19,21-23,25,28,30-32H2,1-2H3,(H,41,44)/b20-18-,26-24-,29-27+. The van der Waals surface area contributed by atoms with E-state index in [1.165, 1.54) is 96.3 Å². The van der Waals surface area contributed by atoms with Gasteiger partial charge in [0, 0.05) is 6.42 Å².